The van der Waals surface area contributed by atoms with E-state index in [2.05, 4.69) is 50.2 Å². The van der Waals surface area contributed by atoms with Crippen molar-refractivity contribution >= 4 is 43.7 Å². The van der Waals surface area contributed by atoms with Gasteiger partial charge in [-0.05, 0) is 70.4 Å². The molecule has 2 N–H and O–H groups in total. The van der Waals surface area contributed by atoms with Crippen LogP contribution in [0.3, 0.4) is 0 Å². The van der Waals surface area contributed by atoms with Gasteiger partial charge in [0.05, 0.1) is 5.52 Å². The molecule has 6 heteroatoms. The number of halogens is 1. The molecule has 170 valence electrons. The Morgan fingerprint density at radius 3 is 2.76 bits per heavy atom. The van der Waals surface area contributed by atoms with Gasteiger partial charge in [0, 0.05) is 65.9 Å². The Morgan fingerprint density at radius 1 is 0.971 bits per heavy atom. The lowest BCUT2D eigenvalue weighted by molar-refractivity contribution is 0.233. The summed E-state index contributed by atoms with van der Waals surface area (Å²) >= 11 is 1.74. The number of fused-ring (bicyclic) bond motifs is 2. The van der Waals surface area contributed by atoms with E-state index in [9.17, 15) is 0 Å². The molecule has 0 aliphatic carbocycles. The van der Waals surface area contributed by atoms with Crippen LogP contribution in [-0.2, 0) is 6.54 Å². The topological polar surface area (TPSA) is 40.2 Å². The summed E-state index contributed by atoms with van der Waals surface area (Å²) < 4.78 is 16.5. The van der Waals surface area contributed by atoms with Crippen molar-refractivity contribution in [3.8, 4) is 11.1 Å². The molecular formula is C28H25FN4S. The number of rotatable bonds is 5. The van der Waals surface area contributed by atoms with Crippen LogP contribution < -0.4 is 10.6 Å². The van der Waals surface area contributed by atoms with Crippen LogP contribution >= 0.6 is 11.3 Å². The Balaban J connectivity index is 1.31. The summed E-state index contributed by atoms with van der Waals surface area (Å²) in [6, 6.07) is 22.0. The smallest absolute Gasteiger partial charge is 0.131 e. The molecule has 0 radical (unpaired) electrons. The van der Waals surface area contributed by atoms with E-state index in [0.29, 0.717) is 5.56 Å². The minimum Gasteiger partial charge on any atom is -0.355 e. The molecule has 0 saturated carbocycles. The molecule has 4 nitrogen and oxygen atoms in total. The molecule has 0 spiro atoms. The first kappa shape index (κ1) is 21.2. The summed E-state index contributed by atoms with van der Waals surface area (Å²) in [5.74, 6) is -0.187. The summed E-state index contributed by atoms with van der Waals surface area (Å²) in [5, 5.41) is 11.2. The van der Waals surface area contributed by atoms with Crippen LogP contribution in [0.15, 0.2) is 78.3 Å². The summed E-state index contributed by atoms with van der Waals surface area (Å²) in [6.07, 6.45) is 1.80. The van der Waals surface area contributed by atoms with Crippen LogP contribution in [0.25, 0.3) is 32.1 Å². The molecule has 0 atom stereocenters. The standard InChI is InChI=1S/C28H25FN4S/c29-25-15-19(18-33-12-10-30-11-13-33)1-4-23(25)20-2-5-26-24(17-20)27(7-9-31-26)32-22-3-6-28-21(16-22)8-14-34-28/h1-9,14-17,30H,10-13,18H2,(H,31,32). The molecule has 1 saturated heterocycles. The number of pyridine rings is 1. The molecule has 1 aliphatic rings. The van der Waals surface area contributed by atoms with Gasteiger partial charge < -0.3 is 10.6 Å². The van der Waals surface area contributed by atoms with Crippen molar-refractivity contribution in [2.75, 3.05) is 31.5 Å². The first-order chi connectivity index (χ1) is 16.7. The zero-order chi connectivity index (χ0) is 22.9. The van der Waals surface area contributed by atoms with Gasteiger partial charge in [-0.1, -0.05) is 18.2 Å². The Bertz CT molecular complexity index is 1470. The Labute approximate surface area is 202 Å². The molecular weight excluding hydrogens is 443 g/mol. The van der Waals surface area contributed by atoms with Crippen molar-refractivity contribution in [3.05, 3.63) is 89.7 Å². The fraction of sp³-hybridized carbons (Fsp3) is 0.179. The Hall–Kier alpha value is -3.32. The summed E-state index contributed by atoms with van der Waals surface area (Å²) in [7, 11) is 0. The van der Waals surface area contributed by atoms with Crippen molar-refractivity contribution in [1.29, 1.82) is 0 Å². The summed E-state index contributed by atoms with van der Waals surface area (Å²) in [5.41, 5.74) is 5.32. The maximum absolute atomic E-state index is 15.2. The third-order valence-corrected chi connectivity index (χ3v) is 7.33. The normalized spacial score (nSPS) is 14.6. The fourth-order valence-corrected chi connectivity index (χ4v) is 5.41. The van der Waals surface area contributed by atoms with Crippen molar-refractivity contribution in [2.24, 2.45) is 0 Å². The average Bonchev–Trinajstić information content (AvgIpc) is 3.33. The van der Waals surface area contributed by atoms with E-state index in [-0.39, 0.29) is 5.82 Å². The predicted molar refractivity (Wildman–Crippen MR) is 140 cm³/mol. The Morgan fingerprint density at radius 2 is 1.88 bits per heavy atom. The van der Waals surface area contributed by atoms with Gasteiger partial charge in [0.25, 0.3) is 0 Å². The van der Waals surface area contributed by atoms with Gasteiger partial charge in [-0.15, -0.1) is 11.3 Å². The highest BCUT2D eigenvalue weighted by atomic mass is 32.1. The van der Waals surface area contributed by atoms with E-state index in [1.54, 1.807) is 23.6 Å². The minimum atomic E-state index is -0.187. The number of hydrogen-bond acceptors (Lipinski definition) is 5. The maximum atomic E-state index is 15.2. The highest BCUT2D eigenvalue weighted by Crippen LogP contribution is 2.32. The molecule has 0 unspecified atom stereocenters. The van der Waals surface area contributed by atoms with E-state index < -0.39 is 0 Å². The second-order valence-electron chi connectivity index (χ2n) is 8.73. The molecule has 5 aromatic rings. The van der Waals surface area contributed by atoms with Gasteiger partial charge in [-0.3, -0.25) is 9.88 Å². The van der Waals surface area contributed by atoms with Crippen molar-refractivity contribution in [2.45, 2.75) is 6.54 Å². The van der Waals surface area contributed by atoms with Crippen LogP contribution in [0, 0.1) is 5.82 Å². The van der Waals surface area contributed by atoms with Crippen molar-refractivity contribution < 1.29 is 4.39 Å². The lowest BCUT2D eigenvalue weighted by Crippen LogP contribution is -2.42. The van der Waals surface area contributed by atoms with Crippen LogP contribution in [0.4, 0.5) is 15.8 Å². The van der Waals surface area contributed by atoms with E-state index in [0.717, 1.165) is 66.1 Å². The SMILES string of the molecule is Fc1cc(CN2CCNCC2)ccc1-c1ccc2nccc(Nc3ccc4sccc4c3)c2c1. The molecule has 1 fully saturated rings. The second-order valence-corrected chi connectivity index (χ2v) is 9.68. The number of piperazine rings is 1. The van der Waals surface area contributed by atoms with Gasteiger partial charge in [-0.25, -0.2) is 4.39 Å². The highest BCUT2D eigenvalue weighted by Gasteiger charge is 2.13. The molecule has 0 bridgehead atoms. The average molecular weight is 469 g/mol. The predicted octanol–water partition coefficient (Wildman–Crippen LogP) is 6.40. The lowest BCUT2D eigenvalue weighted by atomic mass is 10.0. The highest BCUT2D eigenvalue weighted by molar-refractivity contribution is 7.17. The summed E-state index contributed by atoms with van der Waals surface area (Å²) in [4.78, 5) is 6.88. The van der Waals surface area contributed by atoms with Crippen molar-refractivity contribution in [1.82, 2.24) is 15.2 Å². The van der Waals surface area contributed by atoms with Crippen LogP contribution in [0.2, 0.25) is 0 Å². The molecule has 0 amide bonds. The number of nitrogens with one attached hydrogen (secondary N) is 2. The zero-order valence-corrected chi connectivity index (χ0v) is 19.5. The number of anilines is 2. The Kier molecular flexibility index (Phi) is 5.71. The first-order valence-electron chi connectivity index (χ1n) is 11.6. The molecule has 2 aromatic heterocycles. The molecule has 3 heterocycles. The largest absolute Gasteiger partial charge is 0.355 e. The van der Waals surface area contributed by atoms with Gasteiger partial charge in [0.2, 0.25) is 0 Å². The van der Waals surface area contributed by atoms with E-state index >= 15 is 4.39 Å². The van der Waals surface area contributed by atoms with Gasteiger partial charge >= 0.3 is 0 Å². The number of aromatic nitrogens is 1. The van der Waals surface area contributed by atoms with Crippen LogP contribution in [0.5, 0.6) is 0 Å². The van der Waals surface area contributed by atoms with E-state index in [1.165, 1.54) is 10.1 Å². The maximum Gasteiger partial charge on any atom is 0.131 e. The van der Waals surface area contributed by atoms with E-state index in [1.807, 2.05) is 36.4 Å². The fourth-order valence-electron chi connectivity index (χ4n) is 4.64. The summed E-state index contributed by atoms with van der Waals surface area (Å²) in [6.45, 7) is 4.75. The third kappa shape index (κ3) is 4.28. The number of benzene rings is 3. The van der Waals surface area contributed by atoms with Gasteiger partial charge in [0.15, 0.2) is 0 Å². The van der Waals surface area contributed by atoms with Crippen LogP contribution in [0.1, 0.15) is 5.56 Å². The lowest BCUT2D eigenvalue weighted by Gasteiger charge is -2.27. The van der Waals surface area contributed by atoms with Crippen molar-refractivity contribution in [3.63, 3.8) is 0 Å². The monoisotopic (exact) mass is 468 g/mol. The quantitative estimate of drug-likeness (QED) is 0.313. The first-order valence-corrected chi connectivity index (χ1v) is 12.5. The molecule has 1 aliphatic heterocycles. The molecule has 6 rings (SSSR count). The number of hydrogen-bond donors (Lipinski definition) is 2. The molecule has 34 heavy (non-hydrogen) atoms. The minimum absolute atomic E-state index is 0.187. The number of thiophene rings is 1. The van der Waals surface area contributed by atoms with E-state index in [4.69, 9.17) is 0 Å². The zero-order valence-electron chi connectivity index (χ0n) is 18.7. The van der Waals surface area contributed by atoms with Gasteiger partial charge in [0.1, 0.15) is 5.82 Å². The number of nitrogens with zero attached hydrogens (tertiary/aromatic N) is 2. The third-order valence-electron chi connectivity index (χ3n) is 6.43. The van der Waals surface area contributed by atoms with Crippen LogP contribution in [-0.4, -0.2) is 36.1 Å². The van der Waals surface area contributed by atoms with Gasteiger partial charge in [-0.2, -0.15) is 0 Å². The second kappa shape index (κ2) is 9.14. The molecule has 3 aromatic carbocycles.